The summed E-state index contributed by atoms with van der Waals surface area (Å²) in [5, 5.41) is 3.70. The minimum Gasteiger partial charge on any atom is -0.311 e. The molecular formula is C14H30IN. The Kier molecular flexibility index (Phi) is 7.51. The normalized spacial score (nSPS) is 18.6. The molecule has 1 nitrogen and oxygen atoms in total. The van der Waals surface area contributed by atoms with Gasteiger partial charge in [0.15, 0.2) is 0 Å². The first-order chi connectivity index (χ1) is 7.14. The topological polar surface area (TPSA) is 12.0 Å². The third-order valence-electron chi connectivity index (χ3n) is 3.06. The summed E-state index contributed by atoms with van der Waals surface area (Å²) in [6.07, 6.45) is 2.58. The Morgan fingerprint density at radius 2 is 1.50 bits per heavy atom. The monoisotopic (exact) mass is 339 g/mol. The second-order valence-electron chi connectivity index (χ2n) is 6.50. The average Bonchev–Trinajstić information content (AvgIpc) is 1.98. The van der Waals surface area contributed by atoms with Crippen molar-refractivity contribution in [2.75, 3.05) is 0 Å². The summed E-state index contributed by atoms with van der Waals surface area (Å²) in [5.74, 6) is 0.795. The molecule has 0 aromatic carbocycles. The van der Waals surface area contributed by atoms with Crippen molar-refractivity contribution in [3.8, 4) is 0 Å². The number of hydrogen-bond acceptors (Lipinski definition) is 1. The Hall–Kier alpha value is 0.690. The fraction of sp³-hybridized carbons (Fsp3) is 1.00. The van der Waals surface area contributed by atoms with Crippen LogP contribution >= 0.6 is 22.6 Å². The fourth-order valence-corrected chi connectivity index (χ4v) is 2.87. The predicted molar refractivity (Wildman–Crippen MR) is 83.4 cm³/mol. The molecule has 0 bridgehead atoms. The van der Waals surface area contributed by atoms with Crippen molar-refractivity contribution in [3.63, 3.8) is 0 Å². The minimum absolute atomic E-state index is 0.453. The molecule has 16 heavy (non-hydrogen) atoms. The first-order valence-corrected chi connectivity index (χ1v) is 7.78. The molecule has 0 aromatic heterocycles. The summed E-state index contributed by atoms with van der Waals surface area (Å²) in [6, 6.07) is 1.21. The lowest BCUT2D eigenvalue weighted by molar-refractivity contribution is 0.231. The zero-order valence-electron chi connectivity index (χ0n) is 12.1. The lowest BCUT2D eigenvalue weighted by Gasteiger charge is -2.32. The van der Waals surface area contributed by atoms with Gasteiger partial charge in [0.25, 0.3) is 0 Å². The second-order valence-corrected chi connectivity index (χ2v) is 8.47. The van der Waals surface area contributed by atoms with Crippen LogP contribution in [-0.2, 0) is 0 Å². The van der Waals surface area contributed by atoms with Gasteiger partial charge in [0.2, 0.25) is 0 Å². The molecule has 3 atom stereocenters. The third kappa shape index (κ3) is 7.88. The van der Waals surface area contributed by atoms with Gasteiger partial charge in [-0.15, -0.1) is 0 Å². The van der Waals surface area contributed by atoms with Crippen LogP contribution in [0.3, 0.4) is 0 Å². The molecule has 98 valence electrons. The smallest absolute Gasteiger partial charge is 0.0232 e. The second kappa shape index (κ2) is 7.20. The van der Waals surface area contributed by atoms with Gasteiger partial charge < -0.3 is 5.32 Å². The van der Waals surface area contributed by atoms with Gasteiger partial charge in [0.1, 0.15) is 0 Å². The van der Waals surface area contributed by atoms with Crippen molar-refractivity contribution in [1.82, 2.24) is 5.32 Å². The Bertz CT molecular complexity index is 187. The number of halogens is 1. The van der Waals surface area contributed by atoms with Gasteiger partial charge in [-0.25, -0.2) is 0 Å². The molecule has 0 rings (SSSR count). The molecule has 1 unspecified atom stereocenters. The minimum atomic E-state index is 0.453. The van der Waals surface area contributed by atoms with Crippen LogP contribution in [0.25, 0.3) is 0 Å². The molecule has 0 aliphatic rings. The summed E-state index contributed by atoms with van der Waals surface area (Å²) in [7, 11) is 0. The van der Waals surface area contributed by atoms with Crippen molar-refractivity contribution < 1.29 is 0 Å². The molecule has 1 N–H and O–H groups in total. The number of rotatable bonds is 7. The zero-order chi connectivity index (χ0) is 12.9. The highest BCUT2D eigenvalue weighted by Crippen LogP contribution is 2.30. The molecule has 0 heterocycles. The van der Waals surface area contributed by atoms with Gasteiger partial charge in [-0.2, -0.15) is 0 Å². The lowest BCUT2D eigenvalue weighted by atomic mass is 9.79. The van der Waals surface area contributed by atoms with E-state index >= 15 is 0 Å². The molecule has 0 aliphatic carbocycles. The summed E-state index contributed by atoms with van der Waals surface area (Å²) >= 11 is 2.50. The van der Waals surface area contributed by atoms with Crippen LogP contribution in [0.5, 0.6) is 0 Å². The van der Waals surface area contributed by atoms with Crippen LogP contribution < -0.4 is 5.32 Å². The predicted octanol–water partition coefficient (Wildman–Crippen LogP) is 4.64. The van der Waals surface area contributed by atoms with E-state index in [1.807, 2.05) is 0 Å². The van der Waals surface area contributed by atoms with Gasteiger partial charge >= 0.3 is 0 Å². The Morgan fingerprint density at radius 1 is 1.00 bits per heavy atom. The highest BCUT2D eigenvalue weighted by Gasteiger charge is 2.23. The summed E-state index contributed by atoms with van der Waals surface area (Å²) < 4.78 is 0.688. The van der Waals surface area contributed by atoms with Crippen LogP contribution in [0.1, 0.15) is 61.3 Å². The van der Waals surface area contributed by atoms with Crippen LogP contribution in [0.2, 0.25) is 0 Å². The lowest BCUT2D eigenvalue weighted by Crippen LogP contribution is -2.41. The van der Waals surface area contributed by atoms with E-state index in [0.29, 0.717) is 21.4 Å². The first kappa shape index (κ1) is 16.7. The van der Waals surface area contributed by atoms with Crippen LogP contribution in [0.15, 0.2) is 0 Å². The molecule has 0 fully saturated rings. The van der Waals surface area contributed by atoms with Crippen LogP contribution in [0.4, 0.5) is 0 Å². The van der Waals surface area contributed by atoms with Gasteiger partial charge in [-0.3, -0.25) is 0 Å². The van der Waals surface area contributed by atoms with Gasteiger partial charge in [0, 0.05) is 16.0 Å². The molecule has 0 aliphatic heterocycles. The van der Waals surface area contributed by atoms with Crippen LogP contribution in [0, 0.1) is 11.3 Å². The quantitative estimate of drug-likeness (QED) is 0.526. The van der Waals surface area contributed by atoms with Gasteiger partial charge in [-0.1, -0.05) is 57.2 Å². The molecule has 0 amide bonds. The molecular weight excluding hydrogens is 309 g/mol. The van der Waals surface area contributed by atoms with E-state index < -0.39 is 0 Å². The first-order valence-electron chi connectivity index (χ1n) is 6.54. The van der Waals surface area contributed by atoms with Crippen LogP contribution in [-0.4, -0.2) is 16.0 Å². The molecule has 2 heteroatoms. The van der Waals surface area contributed by atoms with Crippen molar-refractivity contribution in [3.05, 3.63) is 0 Å². The Labute approximate surface area is 116 Å². The highest BCUT2D eigenvalue weighted by atomic mass is 127. The van der Waals surface area contributed by atoms with E-state index in [2.05, 4.69) is 76.4 Å². The van der Waals surface area contributed by atoms with E-state index in [1.54, 1.807) is 0 Å². The SMILES string of the molecule is CC(C)CC(C)(C)CC(C)N[C@@H](C)[C@@H](C)I. The van der Waals surface area contributed by atoms with Crippen molar-refractivity contribution in [2.45, 2.75) is 77.3 Å². The largest absolute Gasteiger partial charge is 0.311 e. The van der Waals surface area contributed by atoms with E-state index in [9.17, 15) is 0 Å². The third-order valence-corrected chi connectivity index (χ3v) is 4.13. The number of hydrogen-bond donors (Lipinski definition) is 1. The summed E-state index contributed by atoms with van der Waals surface area (Å²) in [4.78, 5) is 0. The standard InChI is InChI=1S/C14H30IN/c1-10(2)8-14(6,7)9-11(3)16-13(5)12(4)15/h10-13,16H,8-9H2,1-7H3/t11?,12-,13+/m1/s1. The molecule has 0 radical (unpaired) electrons. The molecule has 0 spiro atoms. The van der Waals surface area contributed by atoms with Crippen molar-refractivity contribution >= 4 is 22.6 Å². The summed E-state index contributed by atoms with van der Waals surface area (Å²) in [5.41, 5.74) is 0.453. The van der Waals surface area contributed by atoms with E-state index in [4.69, 9.17) is 0 Å². The zero-order valence-corrected chi connectivity index (χ0v) is 14.3. The maximum absolute atomic E-state index is 3.70. The van der Waals surface area contributed by atoms with Gasteiger partial charge in [0.05, 0.1) is 0 Å². The van der Waals surface area contributed by atoms with Crippen molar-refractivity contribution in [1.29, 1.82) is 0 Å². The maximum Gasteiger partial charge on any atom is 0.0232 e. The number of alkyl halides is 1. The molecule has 0 aromatic rings. The van der Waals surface area contributed by atoms with E-state index in [1.165, 1.54) is 12.8 Å². The average molecular weight is 339 g/mol. The highest BCUT2D eigenvalue weighted by molar-refractivity contribution is 14.1. The van der Waals surface area contributed by atoms with E-state index in [0.717, 1.165) is 5.92 Å². The fourth-order valence-electron chi connectivity index (χ4n) is 2.66. The summed E-state index contributed by atoms with van der Waals surface area (Å²) in [6.45, 7) is 16.3. The van der Waals surface area contributed by atoms with Gasteiger partial charge in [-0.05, 0) is 38.0 Å². The van der Waals surface area contributed by atoms with Crippen molar-refractivity contribution in [2.24, 2.45) is 11.3 Å². The number of nitrogens with one attached hydrogen (secondary N) is 1. The van der Waals surface area contributed by atoms with E-state index in [-0.39, 0.29) is 0 Å². The molecule has 0 saturated heterocycles. The Morgan fingerprint density at radius 3 is 1.88 bits per heavy atom. The Balaban J connectivity index is 4.07. The maximum atomic E-state index is 3.70. The molecule has 0 saturated carbocycles.